The first kappa shape index (κ1) is 15.5. The lowest BCUT2D eigenvalue weighted by molar-refractivity contribution is -0.112. The van der Waals surface area contributed by atoms with Crippen LogP contribution in [0.4, 0.5) is 4.79 Å². The van der Waals surface area contributed by atoms with Gasteiger partial charge in [0.15, 0.2) is 0 Å². The second-order valence-corrected chi connectivity index (χ2v) is 6.45. The molecule has 1 aliphatic carbocycles. The number of carbonyl (C=O) groups is 2. The fraction of sp³-hybridized carbons (Fsp3) is 0.667. The van der Waals surface area contributed by atoms with E-state index in [2.05, 4.69) is 10.2 Å². The van der Waals surface area contributed by atoms with Crippen LogP contribution in [0, 0.1) is 0 Å². The minimum absolute atomic E-state index is 0.521. The lowest BCUT2D eigenvalue weighted by atomic mass is 9.94. The number of aryl methyl sites for hydroxylation is 1. The minimum Gasteiger partial charge on any atom is -0.444 e. The maximum Gasteiger partial charge on any atom is 0.410 e. The van der Waals surface area contributed by atoms with Crippen LogP contribution in [0.3, 0.4) is 0 Å². The van der Waals surface area contributed by atoms with Gasteiger partial charge in [0, 0.05) is 12.7 Å². The molecule has 0 saturated heterocycles. The summed E-state index contributed by atoms with van der Waals surface area (Å²) in [6.45, 7) is 5.39. The summed E-state index contributed by atoms with van der Waals surface area (Å²) in [5.41, 5.74) is 2.21. The van der Waals surface area contributed by atoms with Crippen molar-refractivity contribution in [1.29, 1.82) is 0 Å². The molecule has 1 unspecified atom stereocenters. The summed E-state index contributed by atoms with van der Waals surface area (Å²) in [5.74, 6) is 0. The average Bonchev–Trinajstić information content (AvgIpc) is 2.82. The highest BCUT2D eigenvalue weighted by Crippen LogP contribution is 2.28. The number of aldehydes is 1. The van der Waals surface area contributed by atoms with E-state index >= 15 is 0 Å². The van der Waals surface area contributed by atoms with Gasteiger partial charge in [0.1, 0.15) is 17.9 Å². The van der Waals surface area contributed by atoms with E-state index in [-0.39, 0.29) is 0 Å². The second-order valence-electron chi connectivity index (χ2n) is 6.45. The Morgan fingerprint density at radius 3 is 2.67 bits per heavy atom. The SMILES string of the molecule is CN(C(=O)OC(C)(C)C)C(C=O)c1n[nH]c2c1CCCC2. The number of ether oxygens (including phenoxy) is 1. The van der Waals surface area contributed by atoms with Crippen molar-refractivity contribution in [1.82, 2.24) is 15.1 Å². The van der Waals surface area contributed by atoms with Gasteiger partial charge in [-0.05, 0) is 52.0 Å². The number of hydrogen-bond acceptors (Lipinski definition) is 4. The van der Waals surface area contributed by atoms with Gasteiger partial charge in [-0.3, -0.25) is 10.00 Å². The van der Waals surface area contributed by atoms with E-state index in [0.717, 1.165) is 43.2 Å². The Bertz CT molecular complexity index is 531. The highest BCUT2D eigenvalue weighted by Gasteiger charge is 2.30. The Labute approximate surface area is 124 Å². The van der Waals surface area contributed by atoms with Crippen LogP contribution in [0.25, 0.3) is 0 Å². The molecule has 0 fully saturated rings. The van der Waals surface area contributed by atoms with Gasteiger partial charge in [-0.2, -0.15) is 5.10 Å². The van der Waals surface area contributed by atoms with Crippen LogP contribution in [0.5, 0.6) is 0 Å². The molecule has 0 aliphatic heterocycles. The first-order valence-electron chi connectivity index (χ1n) is 7.30. The van der Waals surface area contributed by atoms with Crippen LogP contribution in [0.15, 0.2) is 0 Å². The van der Waals surface area contributed by atoms with E-state index in [4.69, 9.17) is 4.74 Å². The standard InChI is InChI=1S/C15H23N3O3/c1-15(2,3)21-14(20)18(4)12(9-19)13-10-7-5-6-8-11(10)16-17-13/h9,12H,5-8H2,1-4H3,(H,16,17). The zero-order valence-electron chi connectivity index (χ0n) is 13.1. The molecule has 6 heteroatoms. The van der Waals surface area contributed by atoms with Crippen LogP contribution in [-0.4, -0.2) is 40.1 Å². The number of nitrogens with one attached hydrogen (secondary N) is 1. The Hall–Kier alpha value is -1.85. The normalized spacial score (nSPS) is 16.0. The molecule has 116 valence electrons. The first-order chi connectivity index (χ1) is 9.83. The molecule has 0 saturated carbocycles. The van der Waals surface area contributed by atoms with E-state index in [1.807, 2.05) is 0 Å². The summed E-state index contributed by atoms with van der Waals surface area (Å²) >= 11 is 0. The number of amides is 1. The molecule has 6 nitrogen and oxygen atoms in total. The maximum atomic E-state index is 12.1. The molecule has 1 aromatic rings. The van der Waals surface area contributed by atoms with Crippen LogP contribution >= 0.6 is 0 Å². The van der Waals surface area contributed by atoms with Gasteiger partial charge >= 0.3 is 6.09 Å². The largest absolute Gasteiger partial charge is 0.444 e. The third kappa shape index (κ3) is 3.43. The van der Waals surface area contributed by atoms with Crippen LogP contribution in [0.2, 0.25) is 0 Å². The number of H-pyrrole nitrogens is 1. The highest BCUT2D eigenvalue weighted by molar-refractivity contribution is 5.74. The number of likely N-dealkylation sites (N-methyl/N-ethyl adjacent to an activating group) is 1. The van der Waals surface area contributed by atoms with E-state index in [0.29, 0.717) is 5.69 Å². The van der Waals surface area contributed by atoms with Gasteiger partial charge in [-0.1, -0.05) is 0 Å². The number of fused-ring (bicyclic) bond motifs is 1. The van der Waals surface area contributed by atoms with E-state index in [9.17, 15) is 9.59 Å². The summed E-state index contributed by atoms with van der Waals surface area (Å²) in [5, 5.41) is 7.26. The zero-order chi connectivity index (χ0) is 15.6. The van der Waals surface area contributed by atoms with Crippen LogP contribution < -0.4 is 0 Å². The molecule has 0 bridgehead atoms. The van der Waals surface area contributed by atoms with E-state index < -0.39 is 17.7 Å². The Morgan fingerprint density at radius 2 is 2.05 bits per heavy atom. The topological polar surface area (TPSA) is 75.3 Å². The fourth-order valence-corrected chi connectivity index (χ4v) is 2.54. The summed E-state index contributed by atoms with van der Waals surface area (Å²) in [6, 6.07) is -0.710. The molecule has 21 heavy (non-hydrogen) atoms. The smallest absolute Gasteiger partial charge is 0.410 e. The van der Waals surface area contributed by atoms with Gasteiger partial charge in [-0.15, -0.1) is 0 Å². The van der Waals surface area contributed by atoms with Crippen molar-refractivity contribution < 1.29 is 14.3 Å². The molecule has 0 radical (unpaired) electrons. The van der Waals surface area contributed by atoms with Crippen molar-refractivity contribution in [2.45, 2.75) is 58.1 Å². The van der Waals surface area contributed by atoms with Gasteiger partial charge in [0.25, 0.3) is 0 Å². The van der Waals surface area contributed by atoms with E-state index in [1.165, 1.54) is 4.90 Å². The zero-order valence-corrected chi connectivity index (χ0v) is 13.1. The number of nitrogens with zero attached hydrogens (tertiary/aromatic N) is 2. The molecule has 0 spiro atoms. The van der Waals surface area contributed by atoms with Crippen molar-refractivity contribution in [2.75, 3.05) is 7.05 Å². The highest BCUT2D eigenvalue weighted by atomic mass is 16.6. The molecule has 1 aromatic heterocycles. The lowest BCUT2D eigenvalue weighted by Gasteiger charge is -2.28. The molecule has 1 N–H and O–H groups in total. The van der Waals surface area contributed by atoms with Gasteiger partial charge in [-0.25, -0.2) is 4.79 Å². The fourth-order valence-electron chi connectivity index (χ4n) is 2.54. The summed E-state index contributed by atoms with van der Waals surface area (Å²) in [4.78, 5) is 24.9. The number of rotatable bonds is 3. The van der Waals surface area contributed by atoms with Gasteiger partial charge in [0.05, 0.1) is 5.69 Å². The van der Waals surface area contributed by atoms with Crippen molar-refractivity contribution >= 4 is 12.4 Å². The van der Waals surface area contributed by atoms with Gasteiger partial charge in [0.2, 0.25) is 0 Å². The number of carbonyl (C=O) groups excluding carboxylic acids is 2. The number of aromatic amines is 1. The monoisotopic (exact) mass is 293 g/mol. The summed E-state index contributed by atoms with van der Waals surface area (Å²) in [6.07, 6.45) is 4.28. The third-order valence-corrected chi connectivity index (χ3v) is 3.60. The van der Waals surface area contributed by atoms with Crippen molar-refractivity contribution in [3.8, 4) is 0 Å². The third-order valence-electron chi connectivity index (χ3n) is 3.60. The average molecular weight is 293 g/mol. The van der Waals surface area contributed by atoms with Gasteiger partial charge < -0.3 is 9.53 Å². The molecular formula is C15H23N3O3. The predicted octanol–water partition coefficient (Wildman–Crippen LogP) is 2.40. The first-order valence-corrected chi connectivity index (χ1v) is 7.30. The molecule has 1 atom stereocenters. The Balaban J connectivity index is 2.21. The van der Waals surface area contributed by atoms with Crippen molar-refractivity contribution in [3.05, 3.63) is 17.0 Å². The molecule has 0 aromatic carbocycles. The van der Waals surface area contributed by atoms with Crippen LogP contribution in [0.1, 0.15) is 56.6 Å². The van der Waals surface area contributed by atoms with Crippen molar-refractivity contribution in [2.24, 2.45) is 0 Å². The molecule has 2 rings (SSSR count). The quantitative estimate of drug-likeness (QED) is 0.868. The lowest BCUT2D eigenvalue weighted by Crippen LogP contribution is -2.37. The Morgan fingerprint density at radius 1 is 1.38 bits per heavy atom. The minimum atomic E-state index is -0.710. The van der Waals surface area contributed by atoms with Crippen LogP contribution in [-0.2, 0) is 22.4 Å². The predicted molar refractivity (Wildman–Crippen MR) is 78.0 cm³/mol. The Kier molecular flexibility index (Phi) is 4.34. The number of hydrogen-bond donors (Lipinski definition) is 1. The van der Waals surface area contributed by atoms with E-state index in [1.54, 1.807) is 27.8 Å². The summed E-state index contributed by atoms with van der Waals surface area (Å²) in [7, 11) is 1.57. The molecule has 1 heterocycles. The molecule has 1 amide bonds. The molecular weight excluding hydrogens is 270 g/mol. The molecule has 1 aliphatic rings. The number of aromatic nitrogens is 2. The van der Waals surface area contributed by atoms with Crippen molar-refractivity contribution in [3.63, 3.8) is 0 Å². The maximum absolute atomic E-state index is 12.1. The second kappa shape index (κ2) is 5.87. The summed E-state index contributed by atoms with van der Waals surface area (Å²) < 4.78 is 5.31.